The SMILES string of the molecule is CCC(C)CC(=O)Nc1c(C#N)cccc1OC. The lowest BCUT2D eigenvalue weighted by molar-refractivity contribution is -0.117. The predicted octanol–water partition coefficient (Wildman–Crippen LogP) is 2.94. The van der Waals surface area contributed by atoms with E-state index in [0.717, 1.165) is 6.42 Å². The quantitative estimate of drug-likeness (QED) is 0.868. The maximum atomic E-state index is 11.8. The zero-order valence-electron chi connectivity index (χ0n) is 11.0. The lowest BCUT2D eigenvalue weighted by atomic mass is 10.0. The van der Waals surface area contributed by atoms with Gasteiger partial charge in [-0.05, 0) is 18.1 Å². The Morgan fingerprint density at radius 3 is 2.83 bits per heavy atom. The first-order valence-electron chi connectivity index (χ1n) is 5.99. The zero-order chi connectivity index (χ0) is 13.5. The summed E-state index contributed by atoms with van der Waals surface area (Å²) in [6.07, 6.45) is 1.39. The fourth-order valence-corrected chi connectivity index (χ4v) is 1.57. The van der Waals surface area contributed by atoms with Crippen LogP contribution >= 0.6 is 0 Å². The number of para-hydroxylation sites is 1. The van der Waals surface area contributed by atoms with Crippen LogP contribution in [0.25, 0.3) is 0 Å². The molecule has 0 heterocycles. The minimum absolute atomic E-state index is 0.0923. The summed E-state index contributed by atoms with van der Waals surface area (Å²) in [5.41, 5.74) is 0.864. The van der Waals surface area contributed by atoms with Crippen molar-refractivity contribution in [3.63, 3.8) is 0 Å². The fraction of sp³-hybridized carbons (Fsp3) is 0.429. The van der Waals surface area contributed by atoms with Crippen molar-refractivity contribution in [2.75, 3.05) is 12.4 Å². The van der Waals surface area contributed by atoms with Gasteiger partial charge in [-0.3, -0.25) is 4.79 Å². The van der Waals surface area contributed by atoms with Crippen LogP contribution in [0.15, 0.2) is 18.2 Å². The van der Waals surface area contributed by atoms with E-state index in [4.69, 9.17) is 10.00 Å². The van der Waals surface area contributed by atoms with Gasteiger partial charge in [-0.1, -0.05) is 26.3 Å². The maximum absolute atomic E-state index is 11.8. The van der Waals surface area contributed by atoms with Gasteiger partial charge in [-0.2, -0.15) is 5.26 Å². The van der Waals surface area contributed by atoms with Crippen molar-refractivity contribution in [3.8, 4) is 11.8 Å². The minimum atomic E-state index is -0.0923. The highest BCUT2D eigenvalue weighted by molar-refractivity contribution is 5.94. The number of nitrogens with zero attached hydrogens (tertiary/aromatic N) is 1. The number of nitriles is 1. The van der Waals surface area contributed by atoms with Gasteiger partial charge in [-0.15, -0.1) is 0 Å². The predicted molar refractivity (Wildman–Crippen MR) is 70.4 cm³/mol. The highest BCUT2D eigenvalue weighted by atomic mass is 16.5. The minimum Gasteiger partial charge on any atom is -0.495 e. The monoisotopic (exact) mass is 246 g/mol. The van der Waals surface area contributed by atoms with E-state index in [-0.39, 0.29) is 5.91 Å². The molecular formula is C14H18N2O2. The van der Waals surface area contributed by atoms with Crippen molar-refractivity contribution in [3.05, 3.63) is 23.8 Å². The molecular weight excluding hydrogens is 228 g/mol. The molecule has 0 aliphatic heterocycles. The maximum Gasteiger partial charge on any atom is 0.224 e. The average molecular weight is 246 g/mol. The molecule has 1 rings (SSSR count). The van der Waals surface area contributed by atoms with Crippen molar-refractivity contribution >= 4 is 11.6 Å². The van der Waals surface area contributed by atoms with Crippen molar-refractivity contribution in [2.24, 2.45) is 5.92 Å². The largest absolute Gasteiger partial charge is 0.495 e. The van der Waals surface area contributed by atoms with Crippen molar-refractivity contribution in [2.45, 2.75) is 26.7 Å². The first-order chi connectivity index (χ1) is 8.62. The Hall–Kier alpha value is -2.02. The van der Waals surface area contributed by atoms with Crippen LogP contribution in [0.4, 0.5) is 5.69 Å². The van der Waals surface area contributed by atoms with Crippen molar-refractivity contribution < 1.29 is 9.53 Å². The van der Waals surface area contributed by atoms with Gasteiger partial charge in [0.15, 0.2) is 0 Å². The summed E-state index contributed by atoms with van der Waals surface area (Å²) in [7, 11) is 1.51. The molecule has 0 aromatic heterocycles. The van der Waals surface area contributed by atoms with E-state index in [1.54, 1.807) is 18.2 Å². The molecule has 0 bridgehead atoms. The van der Waals surface area contributed by atoms with E-state index >= 15 is 0 Å². The average Bonchev–Trinajstić information content (AvgIpc) is 2.38. The molecule has 96 valence electrons. The normalized spacial score (nSPS) is 11.4. The molecule has 0 radical (unpaired) electrons. The van der Waals surface area contributed by atoms with Crippen LogP contribution in [-0.2, 0) is 4.79 Å². The molecule has 1 aromatic rings. The number of carbonyl (C=O) groups excluding carboxylic acids is 1. The second kappa shape index (κ2) is 6.65. The molecule has 1 aromatic carbocycles. The number of carbonyl (C=O) groups is 1. The van der Waals surface area contributed by atoms with Crippen LogP contribution in [0.1, 0.15) is 32.3 Å². The standard InChI is InChI=1S/C14H18N2O2/c1-4-10(2)8-13(17)16-14-11(9-15)6-5-7-12(14)18-3/h5-7,10H,4,8H2,1-3H3,(H,16,17). The third-order valence-corrected chi connectivity index (χ3v) is 2.86. The van der Waals surface area contributed by atoms with E-state index in [1.807, 2.05) is 19.9 Å². The van der Waals surface area contributed by atoms with Gasteiger partial charge < -0.3 is 10.1 Å². The molecule has 0 saturated heterocycles. The lowest BCUT2D eigenvalue weighted by Gasteiger charge is -2.13. The van der Waals surface area contributed by atoms with Crippen LogP contribution in [0.3, 0.4) is 0 Å². The summed E-state index contributed by atoms with van der Waals surface area (Å²) >= 11 is 0. The number of benzene rings is 1. The van der Waals surface area contributed by atoms with Gasteiger partial charge in [0.25, 0.3) is 0 Å². The summed E-state index contributed by atoms with van der Waals surface area (Å²) in [6.45, 7) is 4.06. The van der Waals surface area contributed by atoms with Gasteiger partial charge in [0, 0.05) is 6.42 Å². The second-order valence-corrected chi connectivity index (χ2v) is 4.26. The number of methoxy groups -OCH3 is 1. The van der Waals surface area contributed by atoms with Crippen LogP contribution in [0.2, 0.25) is 0 Å². The number of nitrogens with one attached hydrogen (secondary N) is 1. The van der Waals surface area contributed by atoms with Gasteiger partial charge in [0.2, 0.25) is 5.91 Å². The molecule has 1 N–H and O–H groups in total. The smallest absolute Gasteiger partial charge is 0.224 e. The number of hydrogen-bond acceptors (Lipinski definition) is 3. The number of amides is 1. The Kier molecular flexibility index (Phi) is 5.19. The summed E-state index contributed by atoms with van der Waals surface area (Å²) in [4.78, 5) is 11.8. The molecule has 18 heavy (non-hydrogen) atoms. The number of rotatable bonds is 5. The summed E-state index contributed by atoms with van der Waals surface area (Å²) in [5.74, 6) is 0.738. The molecule has 1 unspecified atom stereocenters. The van der Waals surface area contributed by atoms with Crippen LogP contribution in [-0.4, -0.2) is 13.0 Å². The lowest BCUT2D eigenvalue weighted by Crippen LogP contribution is -2.16. The first-order valence-corrected chi connectivity index (χ1v) is 5.99. The molecule has 0 aliphatic rings. The zero-order valence-corrected chi connectivity index (χ0v) is 11.0. The highest BCUT2D eigenvalue weighted by Crippen LogP contribution is 2.28. The third kappa shape index (κ3) is 3.49. The number of anilines is 1. The van der Waals surface area contributed by atoms with Gasteiger partial charge >= 0.3 is 0 Å². The van der Waals surface area contributed by atoms with E-state index in [1.165, 1.54) is 7.11 Å². The topological polar surface area (TPSA) is 62.1 Å². The summed E-state index contributed by atoms with van der Waals surface area (Å²) in [5, 5.41) is 11.8. The Morgan fingerprint density at radius 1 is 1.56 bits per heavy atom. The van der Waals surface area contributed by atoms with Gasteiger partial charge in [0.1, 0.15) is 17.5 Å². The highest BCUT2D eigenvalue weighted by Gasteiger charge is 2.13. The summed E-state index contributed by atoms with van der Waals surface area (Å²) in [6, 6.07) is 7.15. The molecule has 0 saturated carbocycles. The summed E-state index contributed by atoms with van der Waals surface area (Å²) < 4.78 is 5.15. The van der Waals surface area contributed by atoms with Crippen LogP contribution < -0.4 is 10.1 Å². The molecule has 4 heteroatoms. The number of hydrogen-bond donors (Lipinski definition) is 1. The molecule has 0 aliphatic carbocycles. The molecule has 1 amide bonds. The first kappa shape index (κ1) is 14.0. The molecule has 1 atom stereocenters. The van der Waals surface area contributed by atoms with Gasteiger partial charge in [-0.25, -0.2) is 0 Å². The van der Waals surface area contributed by atoms with Crippen LogP contribution in [0.5, 0.6) is 5.75 Å². The van der Waals surface area contributed by atoms with E-state index in [2.05, 4.69) is 5.32 Å². The number of ether oxygens (including phenoxy) is 1. The Bertz CT molecular complexity index is 463. The third-order valence-electron chi connectivity index (χ3n) is 2.86. The van der Waals surface area contributed by atoms with E-state index in [9.17, 15) is 4.79 Å². The Balaban J connectivity index is 2.89. The molecule has 0 spiro atoms. The van der Waals surface area contributed by atoms with E-state index < -0.39 is 0 Å². The van der Waals surface area contributed by atoms with E-state index in [0.29, 0.717) is 29.3 Å². The molecule has 4 nitrogen and oxygen atoms in total. The van der Waals surface area contributed by atoms with Crippen molar-refractivity contribution in [1.82, 2.24) is 0 Å². The second-order valence-electron chi connectivity index (χ2n) is 4.26. The Morgan fingerprint density at radius 2 is 2.28 bits per heavy atom. The Labute approximate surface area is 108 Å². The van der Waals surface area contributed by atoms with Crippen LogP contribution in [0, 0.1) is 17.2 Å². The van der Waals surface area contributed by atoms with Gasteiger partial charge in [0.05, 0.1) is 12.7 Å². The fourth-order valence-electron chi connectivity index (χ4n) is 1.57. The van der Waals surface area contributed by atoms with Crippen molar-refractivity contribution in [1.29, 1.82) is 5.26 Å². The molecule has 0 fully saturated rings.